The molecule has 2 aromatic heterocycles. The van der Waals surface area contributed by atoms with E-state index in [1.807, 2.05) is 6.92 Å². The van der Waals surface area contributed by atoms with E-state index in [9.17, 15) is 0 Å². The Morgan fingerprint density at radius 3 is 2.73 bits per heavy atom. The Bertz CT molecular complexity index is 478. The molecule has 4 heteroatoms. The predicted molar refractivity (Wildman–Crippen MR) is 65.9 cm³/mol. The lowest BCUT2D eigenvalue weighted by Gasteiger charge is -2.13. The van der Waals surface area contributed by atoms with Crippen molar-refractivity contribution in [3.63, 3.8) is 0 Å². The molecule has 0 aliphatic heterocycles. The van der Waals surface area contributed by atoms with Gasteiger partial charge in [0.05, 0.1) is 5.69 Å². The van der Waals surface area contributed by atoms with E-state index in [1.165, 1.54) is 4.88 Å². The topological polar surface area (TPSA) is 25.8 Å². The molecule has 0 spiro atoms. The number of hydrogen-bond donors (Lipinski definition) is 0. The fourth-order valence-electron chi connectivity index (χ4n) is 1.57. The first-order valence-electron chi connectivity index (χ1n) is 4.94. The molecular weight excluding hydrogens is 228 g/mol. The lowest BCUT2D eigenvalue weighted by molar-refractivity contribution is 0.722. The Morgan fingerprint density at radius 2 is 2.07 bits per heavy atom. The Hall–Kier alpha value is -0.670. The maximum Gasteiger partial charge on any atom is 0.127 e. The van der Waals surface area contributed by atoms with Crippen molar-refractivity contribution in [1.29, 1.82) is 0 Å². The molecule has 2 heterocycles. The summed E-state index contributed by atoms with van der Waals surface area (Å²) in [5.41, 5.74) is 1.06. The van der Waals surface area contributed by atoms with E-state index in [2.05, 4.69) is 29.9 Å². The van der Waals surface area contributed by atoms with Crippen molar-refractivity contribution in [2.75, 3.05) is 0 Å². The van der Waals surface area contributed by atoms with Crippen molar-refractivity contribution in [2.24, 2.45) is 0 Å². The number of alkyl halides is 1. The summed E-state index contributed by atoms with van der Waals surface area (Å²) in [6, 6.07) is 2.14. The second kappa shape index (κ2) is 4.06. The zero-order chi connectivity index (χ0) is 11.0. The molecule has 2 unspecified atom stereocenters. The fourth-order valence-corrected chi connectivity index (χ4v) is 2.55. The van der Waals surface area contributed by atoms with Crippen LogP contribution in [0.5, 0.6) is 0 Å². The first-order chi connectivity index (χ1) is 7.09. The Labute approximate surface area is 98.3 Å². The molecule has 0 saturated heterocycles. The average Bonchev–Trinajstić information content (AvgIpc) is 2.56. The molecule has 0 aromatic carbocycles. The van der Waals surface area contributed by atoms with Crippen molar-refractivity contribution in [1.82, 2.24) is 9.97 Å². The predicted octanol–water partition coefficient (Wildman–Crippen LogP) is 3.73. The average molecular weight is 241 g/mol. The van der Waals surface area contributed by atoms with Crippen molar-refractivity contribution < 1.29 is 0 Å². The Kier molecular flexibility index (Phi) is 2.94. The van der Waals surface area contributed by atoms with Gasteiger partial charge >= 0.3 is 0 Å². The molecule has 0 fully saturated rings. The van der Waals surface area contributed by atoms with Crippen LogP contribution >= 0.6 is 22.9 Å². The second-order valence-electron chi connectivity index (χ2n) is 3.80. The quantitative estimate of drug-likeness (QED) is 0.748. The van der Waals surface area contributed by atoms with Gasteiger partial charge in [-0.1, -0.05) is 6.92 Å². The van der Waals surface area contributed by atoms with Crippen LogP contribution in [0.2, 0.25) is 0 Å². The number of aryl methyl sites for hydroxylation is 1. The van der Waals surface area contributed by atoms with Gasteiger partial charge in [0, 0.05) is 21.6 Å². The van der Waals surface area contributed by atoms with Gasteiger partial charge in [-0.3, -0.25) is 0 Å². The summed E-state index contributed by atoms with van der Waals surface area (Å²) in [7, 11) is 0. The number of rotatable bonds is 2. The van der Waals surface area contributed by atoms with Crippen LogP contribution in [0.25, 0.3) is 10.2 Å². The number of aromatic nitrogens is 2. The van der Waals surface area contributed by atoms with Crippen molar-refractivity contribution in [2.45, 2.75) is 32.1 Å². The van der Waals surface area contributed by atoms with Gasteiger partial charge in [-0.2, -0.15) is 0 Å². The molecule has 0 aliphatic carbocycles. The van der Waals surface area contributed by atoms with Gasteiger partial charge in [-0.25, -0.2) is 9.97 Å². The molecule has 0 amide bonds. The van der Waals surface area contributed by atoms with Gasteiger partial charge in [0.2, 0.25) is 0 Å². The van der Waals surface area contributed by atoms with E-state index in [0.717, 1.165) is 15.9 Å². The third-order valence-electron chi connectivity index (χ3n) is 2.60. The lowest BCUT2D eigenvalue weighted by Crippen LogP contribution is -2.07. The molecule has 2 atom stereocenters. The number of thiophene rings is 1. The summed E-state index contributed by atoms with van der Waals surface area (Å²) >= 11 is 7.81. The molecule has 0 aliphatic rings. The monoisotopic (exact) mass is 240 g/mol. The molecular formula is C11H13ClN2S. The van der Waals surface area contributed by atoms with Crippen LogP contribution in [-0.2, 0) is 0 Å². The third-order valence-corrected chi connectivity index (χ3v) is 3.94. The van der Waals surface area contributed by atoms with Crippen molar-refractivity contribution in [3.8, 4) is 0 Å². The van der Waals surface area contributed by atoms with Gasteiger partial charge in [-0.05, 0) is 19.9 Å². The largest absolute Gasteiger partial charge is 0.240 e. The maximum absolute atomic E-state index is 6.11. The standard InChI is InChI=1S/C11H13ClN2S/c1-6-4-9-10(7(2)8(3)12)13-5-14-11(9)15-6/h4-5,7-8H,1-3H3. The van der Waals surface area contributed by atoms with E-state index in [-0.39, 0.29) is 11.3 Å². The molecule has 0 bridgehead atoms. The normalized spacial score (nSPS) is 15.5. The fraction of sp³-hybridized carbons (Fsp3) is 0.455. The number of halogens is 1. The molecule has 2 rings (SSSR count). The molecule has 2 aromatic rings. The molecule has 0 N–H and O–H groups in total. The zero-order valence-electron chi connectivity index (χ0n) is 8.99. The first kappa shape index (κ1) is 10.8. The Morgan fingerprint density at radius 1 is 1.33 bits per heavy atom. The summed E-state index contributed by atoms with van der Waals surface area (Å²) in [6.45, 7) is 6.19. The van der Waals surface area contributed by atoms with Gasteiger partial charge in [0.15, 0.2) is 0 Å². The molecule has 80 valence electrons. The number of hydrogen-bond acceptors (Lipinski definition) is 3. The van der Waals surface area contributed by atoms with Crippen LogP contribution in [0, 0.1) is 6.92 Å². The highest BCUT2D eigenvalue weighted by atomic mass is 35.5. The molecule has 2 nitrogen and oxygen atoms in total. The van der Waals surface area contributed by atoms with Gasteiger partial charge in [0.25, 0.3) is 0 Å². The van der Waals surface area contributed by atoms with Gasteiger partial charge < -0.3 is 0 Å². The minimum atomic E-state index is 0.0864. The highest BCUT2D eigenvalue weighted by Crippen LogP contribution is 2.31. The lowest BCUT2D eigenvalue weighted by atomic mass is 10.0. The van der Waals surface area contributed by atoms with E-state index in [1.54, 1.807) is 17.7 Å². The van der Waals surface area contributed by atoms with Crippen LogP contribution in [0.3, 0.4) is 0 Å². The van der Waals surface area contributed by atoms with Crippen LogP contribution in [0.1, 0.15) is 30.3 Å². The second-order valence-corrected chi connectivity index (χ2v) is 5.72. The smallest absolute Gasteiger partial charge is 0.127 e. The van der Waals surface area contributed by atoms with Crippen LogP contribution in [0.4, 0.5) is 0 Å². The van der Waals surface area contributed by atoms with Gasteiger partial charge in [0.1, 0.15) is 11.2 Å². The Balaban J connectivity index is 2.59. The van der Waals surface area contributed by atoms with Crippen LogP contribution < -0.4 is 0 Å². The maximum atomic E-state index is 6.11. The molecule has 0 saturated carbocycles. The first-order valence-corrected chi connectivity index (χ1v) is 6.20. The minimum absolute atomic E-state index is 0.0864. The van der Waals surface area contributed by atoms with Crippen molar-refractivity contribution >= 4 is 33.2 Å². The summed E-state index contributed by atoms with van der Waals surface area (Å²) in [5, 5.41) is 1.24. The van der Waals surface area contributed by atoms with E-state index < -0.39 is 0 Å². The third kappa shape index (κ3) is 1.99. The minimum Gasteiger partial charge on any atom is -0.240 e. The van der Waals surface area contributed by atoms with Gasteiger partial charge in [-0.15, -0.1) is 22.9 Å². The van der Waals surface area contributed by atoms with Crippen molar-refractivity contribution in [3.05, 3.63) is 23.0 Å². The van der Waals surface area contributed by atoms with Crippen LogP contribution in [-0.4, -0.2) is 15.3 Å². The summed E-state index contributed by atoms with van der Waals surface area (Å²) in [4.78, 5) is 10.9. The summed E-state index contributed by atoms with van der Waals surface area (Å²) < 4.78 is 0. The molecule has 0 radical (unpaired) electrons. The SMILES string of the molecule is Cc1cc2c(C(C)C(C)Cl)ncnc2s1. The highest BCUT2D eigenvalue weighted by molar-refractivity contribution is 7.18. The van der Waals surface area contributed by atoms with Crippen LogP contribution in [0.15, 0.2) is 12.4 Å². The van der Waals surface area contributed by atoms with E-state index in [4.69, 9.17) is 11.6 Å². The number of nitrogens with zero attached hydrogens (tertiary/aromatic N) is 2. The highest BCUT2D eigenvalue weighted by Gasteiger charge is 2.17. The molecule has 15 heavy (non-hydrogen) atoms. The van der Waals surface area contributed by atoms with E-state index in [0.29, 0.717) is 0 Å². The zero-order valence-corrected chi connectivity index (χ0v) is 10.6. The summed E-state index contributed by atoms with van der Waals surface area (Å²) in [6.07, 6.45) is 1.63. The number of fused-ring (bicyclic) bond motifs is 1. The summed E-state index contributed by atoms with van der Waals surface area (Å²) in [5.74, 6) is 0.256. The van der Waals surface area contributed by atoms with E-state index >= 15 is 0 Å².